The Hall–Kier alpha value is -2.45. The highest BCUT2D eigenvalue weighted by Gasteiger charge is 2.29. The number of anilines is 2. The number of nitrogens with one attached hydrogen (secondary N) is 1. The number of carbonyl (C=O) groups is 1. The summed E-state index contributed by atoms with van der Waals surface area (Å²) in [5.41, 5.74) is 0.754. The number of hydrogen-bond donors (Lipinski definition) is 1. The Morgan fingerprint density at radius 2 is 1.85 bits per heavy atom. The van der Waals surface area contributed by atoms with Gasteiger partial charge in [-0.15, -0.1) is 0 Å². The summed E-state index contributed by atoms with van der Waals surface area (Å²) in [4.78, 5) is 12.7. The molecule has 2 aromatic carbocycles. The molecule has 0 saturated carbocycles. The summed E-state index contributed by atoms with van der Waals surface area (Å²) in [7, 11) is -0.762. The maximum atomic E-state index is 12.7. The Labute approximate surface area is 163 Å². The van der Waals surface area contributed by atoms with Crippen molar-refractivity contribution in [3.05, 3.63) is 47.5 Å². The Bertz CT molecular complexity index is 933. The molecule has 0 heterocycles. The summed E-state index contributed by atoms with van der Waals surface area (Å²) in [6.45, 7) is 1.50. The van der Waals surface area contributed by atoms with Gasteiger partial charge >= 0.3 is 0 Å². The molecular formula is C18H21ClN2O5S. The van der Waals surface area contributed by atoms with Crippen molar-refractivity contribution in [1.82, 2.24) is 0 Å². The van der Waals surface area contributed by atoms with E-state index in [-0.39, 0.29) is 0 Å². The molecular weight excluding hydrogens is 392 g/mol. The molecule has 2 rings (SSSR count). The standard InChI is InChI=1S/C18H21ClN2O5S/c1-12(18(22)20-13-8-9-17(26-3)16(19)10-13)21(27(4,23)24)14-6-5-7-15(11-14)25-2/h5-12H,1-4H3,(H,20,22)/t12-/m1/s1. The molecule has 0 aliphatic rings. The summed E-state index contributed by atoms with van der Waals surface area (Å²) < 4.78 is 35.9. The van der Waals surface area contributed by atoms with E-state index in [0.29, 0.717) is 27.9 Å². The number of hydrogen-bond acceptors (Lipinski definition) is 5. The third kappa shape index (κ3) is 5.05. The zero-order valence-electron chi connectivity index (χ0n) is 15.4. The highest BCUT2D eigenvalue weighted by atomic mass is 35.5. The molecule has 9 heteroatoms. The van der Waals surface area contributed by atoms with E-state index >= 15 is 0 Å². The third-order valence-electron chi connectivity index (χ3n) is 3.82. The third-order valence-corrected chi connectivity index (χ3v) is 5.35. The lowest BCUT2D eigenvalue weighted by atomic mass is 10.2. The molecule has 0 aliphatic carbocycles. The van der Waals surface area contributed by atoms with Gasteiger partial charge in [-0.25, -0.2) is 8.42 Å². The Balaban J connectivity index is 2.30. The van der Waals surface area contributed by atoms with E-state index in [1.54, 1.807) is 36.4 Å². The Kier molecular flexibility index (Phi) is 6.56. The first kappa shape index (κ1) is 20.9. The molecule has 0 aliphatic heterocycles. The van der Waals surface area contributed by atoms with Crippen LogP contribution in [-0.2, 0) is 14.8 Å². The van der Waals surface area contributed by atoms with Gasteiger partial charge in [0.15, 0.2) is 0 Å². The smallest absolute Gasteiger partial charge is 0.247 e. The van der Waals surface area contributed by atoms with Crippen molar-refractivity contribution >= 4 is 38.9 Å². The molecule has 0 spiro atoms. The summed E-state index contributed by atoms with van der Waals surface area (Å²) in [6, 6.07) is 10.2. The molecule has 0 radical (unpaired) electrons. The lowest BCUT2D eigenvalue weighted by Crippen LogP contribution is -2.45. The number of carbonyl (C=O) groups excluding carboxylic acids is 1. The van der Waals surface area contributed by atoms with Crippen molar-refractivity contribution in [3.63, 3.8) is 0 Å². The first-order chi connectivity index (χ1) is 12.7. The van der Waals surface area contributed by atoms with Crippen LogP contribution in [0.3, 0.4) is 0 Å². The van der Waals surface area contributed by atoms with Gasteiger partial charge in [-0.05, 0) is 37.3 Å². The fourth-order valence-corrected chi connectivity index (χ4v) is 3.97. The normalized spacial score (nSPS) is 12.2. The molecule has 0 unspecified atom stereocenters. The minimum Gasteiger partial charge on any atom is -0.497 e. The summed E-state index contributed by atoms with van der Waals surface area (Å²) in [6.07, 6.45) is 1.04. The molecule has 7 nitrogen and oxygen atoms in total. The van der Waals surface area contributed by atoms with Gasteiger partial charge in [0.1, 0.15) is 17.5 Å². The van der Waals surface area contributed by atoms with Crippen LogP contribution in [0.4, 0.5) is 11.4 Å². The summed E-state index contributed by atoms with van der Waals surface area (Å²) in [5.74, 6) is 0.442. The maximum Gasteiger partial charge on any atom is 0.247 e. The quantitative estimate of drug-likeness (QED) is 0.755. The topological polar surface area (TPSA) is 84.9 Å². The molecule has 1 atom stereocenters. The van der Waals surface area contributed by atoms with Crippen LogP contribution >= 0.6 is 11.6 Å². The summed E-state index contributed by atoms with van der Waals surface area (Å²) >= 11 is 6.06. The van der Waals surface area contributed by atoms with Gasteiger partial charge in [0, 0.05) is 11.8 Å². The maximum absolute atomic E-state index is 12.7. The average Bonchev–Trinajstić information content (AvgIpc) is 2.61. The van der Waals surface area contributed by atoms with Crippen molar-refractivity contribution in [1.29, 1.82) is 0 Å². The van der Waals surface area contributed by atoms with Crippen molar-refractivity contribution in [2.75, 3.05) is 30.1 Å². The van der Waals surface area contributed by atoms with Gasteiger partial charge in [0.2, 0.25) is 15.9 Å². The van der Waals surface area contributed by atoms with Gasteiger partial charge in [0.05, 0.1) is 31.2 Å². The van der Waals surface area contributed by atoms with Gasteiger partial charge in [-0.3, -0.25) is 9.10 Å². The van der Waals surface area contributed by atoms with E-state index in [2.05, 4.69) is 5.32 Å². The fraction of sp³-hybridized carbons (Fsp3) is 0.278. The number of methoxy groups -OCH3 is 2. The predicted octanol–water partition coefficient (Wildman–Crippen LogP) is 3.15. The van der Waals surface area contributed by atoms with E-state index in [9.17, 15) is 13.2 Å². The van der Waals surface area contributed by atoms with Crippen molar-refractivity contribution in [2.24, 2.45) is 0 Å². The molecule has 0 aromatic heterocycles. The molecule has 27 heavy (non-hydrogen) atoms. The van der Waals surface area contributed by atoms with Crippen LogP contribution in [0.1, 0.15) is 6.92 Å². The second kappa shape index (κ2) is 8.49. The molecule has 1 N–H and O–H groups in total. The molecule has 2 aromatic rings. The van der Waals surface area contributed by atoms with Crippen LogP contribution in [0, 0.1) is 0 Å². The van der Waals surface area contributed by atoms with Crippen LogP contribution in [0.15, 0.2) is 42.5 Å². The second-order valence-corrected chi connectivity index (χ2v) is 8.04. The van der Waals surface area contributed by atoms with Gasteiger partial charge in [-0.1, -0.05) is 17.7 Å². The molecule has 0 saturated heterocycles. The van der Waals surface area contributed by atoms with Crippen LogP contribution in [-0.4, -0.2) is 40.8 Å². The Morgan fingerprint density at radius 1 is 1.15 bits per heavy atom. The average molecular weight is 413 g/mol. The molecule has 146 valence electrons. The highest BCUT2D eigenvalue weighted by Crippen LogP contribution is 2.28. The number of amides is 1. The van der Waals surface area contributed by atoms with Crippen LogP contribution in [0.2, 0.25) is 5.02 Å². The second-order valence-electron chi connectivity index (χ2n) is 5.77. The zero-order chi connectivity index (χ0) is 20.2. The minimum absolute atomic E-state index is 0.326. The van der Waals surface area contributed by atoms with Crippen LogP contribution < -0.4 is 19.1 Å². The van der Waals surface area contributed by atoms with Gasteiger partial charge in [-0.2, -0.15) is 0 Å². The lowest BCUT2D eigenvalue weighted by Gasteiger charge is -2.28. The van der Waals surface area contributed by atoms with Crippen LogP contribution in [0.5, 0.6) is 11.5 Å². The fourth-order valence-electron chi connectivity index (χ4n) is 2.55. The number of ether oxygens (including phenoxy) is 2. The molecule has 1 amide bonds. The monoisotopic (exact) mass is 412 g/mol. The minimum atomic E-state index is -3.73. The summed E-state index contributed by atoms with van der Waals surface area (Å²) in [5, 5.41) is 3.00. The largest absolute Gasteiger partial charge is 0.497 e. The number of nitrogens with zero attached hydrogens (tertiary/aromatic N) is 1. The molecule has 0 bridgehead atoms. The predicted molar refractivity (Wildman–Crippen MR) is 106 cm³/mol. The van der Waals surface area contributed by atoms with E-state index in [0.717, 1.165) is 10.6 Å². The first-order valence-corrected chi connectivity index (χ1v) is 10.2. The van der Waals surface area contributed by atoms with E-state index in [4.69, 9.17) is 21.1 Å². The first-order valence-electron chi connectivity index (χ1n) is 7.95. The van der Waals surface area contributed by atoms with E-state index < -0.39 is 22.0 Å². The highest BCUT2D eigenvalue weighted by molar-refractivity contribution is 7.92. The van der Waals surface area contributed by atoms with Gasteiger partial charge in [0.25, 0.3) is 0 Å². The van der Waals surface area contributed by atoms with Crippen molar-refractivity contribution < 1.29 is 22.7 Å². The van der Waals surface area contributed by atoms with E-state index in [1.165, 1.54) is 27.2 Å². The number of sulfonamides is 1. The lowest BCUT2D eigenvalue weighted by molar-refractivity contribution is -0.116. The zero-order valence-corrected chi connectivity index (χ0v) is 17.0. The number of rotatable bonds is 7. The molecule has 0 fully saturated rings. The van der Waals surface area contributed by atoms with E-state index in [1.807, 2.05) is 0 Å². The van der Waals surface area contributed by atoms with Crippen molar-refractivity contribution in [3.8, 4) is 11.5 Å². The Morgan fingerprint density at radius 3 is 2.41 bits per heavy atom. The number of halogens is 1. The van der Waals surface area contributed by atoms with Gasteiger partial charge < -0.3 is 14.8 Å². The SMILES string of the molecule is COc1cccc(N([C@H](C)C(=O)Nc2ccc(OC)c(Cl)c2)S(C)(=O)=O)c1. The van der Waals surface area contributed by atoms with Crippen molar-refractivity contribution in [2.45, 2.75) is 13.0 Å². The van der Waals surface area contributed by atoms with Crippen LogP contribution in [0.25, 0.3) is 0 Å². The number of benzene rings is 2.